The molecule has 2 aromatic rings. The average molecular weight is 463 g/mol. The summed E-state index contributed by atoms with van der Waals surface area (Å²) in [6.07, 6.45) is 0.974. The molecule has 2 N–H and O–H groups in total. The predicted octanol–water partition coefficient (Wildman–Crippen LogP) is 3.17. The molecule has 2 aromatic carbocycles. The minimum Gasteiger partial charge on any atom is -0.394 e. The van der Waals surface area contributed by atoms with Crippen LogP contribution in [0.25, 0.3) is 0 Å². The van der Waals surface area contributed by atoms with E-state index in [4.69, 9.17) is 21.1 Å². The number of carbonyl (C=O) groups excluding carboxylic acids is 2. The third-order valence-corrected chi connectivity index (χ3v) is 6.12. The smallest absolute Gasteiger partial charge is 0.255 e. The predicted molar refractivity (Wildman–Crippen MR) is 116 cm³/mol. The second kappa shape index (κ2) is 9.95. The molecule has 32 heavy (non-hydrogen) atoms. The van der Waals surface area contributed by atoms with Crippen LogP contribution in [0, 0.1) is 5.82 Å². The number of benzene rings is 2. The van der Waals surface area contributed by atoms with Crippen LogP contribution < -0.4 is 5.32 Å². The molecular weight excluding hydrogens is 439 g/mol. The summed E-state index contributed by atoms with van der Waals surface area (Å²) in [7, 11) is 0. The number of ether oxygens (including phenoxy) is 2. The van der Waals surface area contributed by atoms with E-state index in [0.29, 0.717) is 18.9 Å². The molecule has 0 aromatic heterocycles. The number of hydrogen-bond donors (Lipinski definition) is 2. The SMILES string of the molecule is O=C(Nc1ccc([C@H]2OCC(=O)N(C3CCOCC3)[C@@H]2CO)cc1)c1ccc(F)c(Cl)c1. The van der Waals surface area contributed by atoms with Gasteiger partial charge in [-0.1, -0.05) is 23.7 Å². The number of morpholine rings is 1. The number of aliphatic hydroxyl groups is 1. The average Bonchev–Trinajstić information content (AvgIpc) is 2.81. The lowest BCUT2D eigenvalue weighted by atomic mass is 9.95. The first kappa shape index (κ1) is 22.7. The number of aliphatic hydroxyl groups excluding tert-OH is 1. The molecule has 0 saturated carbocycles. The second-order valence-corrected chi connectivity index (χ2v) is 8.24. The Morgan fingerprint density at radius 3 is 2.56 bits per heavy atom. The quantitative estimate of drug-likeness (QED) is 0.712. The summed E-state index contributed by atoms with van der Waals surface area (Å²) in [6.45, 7) is 0.900. The molecule has 2 amide bonds. The van der Waals surface area contributed by atoms with Crippen molar-refractivity contribution in [1.82, 2.24) is 4.90 Å². The Kier molecular flexibility index (Phi) is 7.05. The van der Waals surface area contributed by atoms with Gasteiger partial charge >= 0.3 is 0 Å². The van der Waals surface area contributed by atoms with E-state index in [1.165, 1.54) is 12.1 Å². The van der Waals surface area contributed by atoms with Crippen molar-refractivity contribution < 1.29 is 28.6 Å². The van der Waals surface area contributed by atoms with Gasteiger partial charge in [0.25, 0.3) is 5.91 Å². The molecule has 2 aliphatic heterocycles. The van der Waals surface area contributed by atoms with E-state index in [1.54, 1.807) is 29.2 Å². The number of anilines is 1. The first-order valence-electron chi connectivity index (χ1n) is 10.5. The lowest BCUT2D eigenvalue weighted by Crippen LogP contribution is -2.57. The molecule has 2 saturated heterocycles. The van der Waals surface area contributed by atoms with Crippen molar-refractivity contribution in [1.29, 1.82) is 0 Å². The largest absolute Gasteiger partial charge is 0.394 e. The highest BCUT2D eigenvalue weighted by Crippen LogP contribution is 2.33. The molecule has 9 heteroatoms. The van der Waals surface area contributed by atoms with Gasteiger partial charge in [0.05, 0.1) is 17.7 Å². The van der Waals surface area contributed by atoms with Crippen LogP contribution in [-0.4, -0.2) is 60.3 Å². The van der Waals surface area contributed by atoms with Crippen LogP contribution in [0.4, 0.5) is 10.1 Å². The molecule has 2 aliphatic rings. The van der Waals surface area contributed by atoms with E-state index in [-0.39, 0.29) is 35.7 Å². The molecular formula is C23H24ClFN2O5. The number of rotatable bonds is 5. The molecule has 170 valence electrons. The topological polar surface area (TPSA) is 88.1 Å². The molecule has 2 atom stereocenters. The zero-order valence-electron chi connectivity index (χ0n) is 17.3. The van der Waals surface area contributed by atoms with Gasteiger partial charge in [0.15, 0.2) is 0 Å². The van der Waals surface area contributed by atoms with Gasteiger partial charge in [-0.2, -0.15) is 0 Å². The molecule has 2 heterocycles. The molecule has 0 spiro atoms. The van der Waals surface area contributed by atoms with Crippen LogP contribution in [-0.2, 0) is 14.3 Å². The van der Waals surface area contributed by atoms with Crippen molar-refractivity contribution in [2.24, 2.45) is 0 Å². The van der Waals surface area contributed by atoms with Gasteiger partial charge < -0.3 is 24.8 Å². The zero-order chi connectivity index (χ0) is 22.7. The molecule has 7 nitrogen and oxygen atoms in total. The van der Waals surface area contributed by atoms with Gasteiger partial charge in [0, 0.05) is 30.5 Å². The first-order chi connectivity index (χ1) is 15.5. The van der Waals surface area contributed by atoms with Crippen LogP contribution in [0.15, 0.2) is 42.5 Å². The van der Waals surface area contributed by atoms with Gasteiger partial charge in [-0.3, -0.25) is 9.59 Å². The van der Waals surface area contributed by atoms with E-state index in [1.807, 2.05) is 0 Å². The number of carbonyl (C=O) groups is 2. The third kappa shape index (κ3) is 4.78. The lowest BCUT2D eigenvalue weighted by Gasteiger charge is -2.45. The molecule has 0 aliphatic carbocycles. The molecule has 0 radical (unpaired) electrons. The number of halogens is 2. The van der Waals surface area contributed by atoms with Gasteiger partial charge in [0.1, 0.15) is 18.5 Å². The first-order valence-corrected chi connectivity index (χ1v) is 10.8. The highest BCUT2D eigenvalue weighted by molar-refractivity contribution is 6.31. The minimum atomic E-state index is -0.591. The fourth-order valence-electron chi connectivity index (χ4n) is 4.21. The fourth-order valence-corrected chi connectivity index (χ4v) is 4.39. The highest BCUT2D eigenvalue weighted by Gasteiger charge is 2.41. The van der Waals surface area contributed by atoms with Crippen LogP contribution >= 0.6 is 11.6 Å². The lowest BCUT2D eigenvalue weighted by molar-refractivity contribution is -0.168. The zero-order valence-corrected chi connectivity index (χ0v) is 18.1. The highest BCUT2D eigenvalue weighted by atomic mass is 35.5. The van der Waals surface area contributed by atoms with Crippen LogP contribution in [0.3, 0.4) is 0 Å². The maximum Gasteiger partial charge on any atom is 0.255 e. The van der Waals surface area contributed by atoms with Gasteiger partial charge in [-0.05, 0) is 48.7 Å². The Balaban J connectivity index is 1.48. The maximum atomic E-state index is 13.3. The van der Waals surface area contributed by atoms with E-state index < -0.39 is 23.9 Å². The number of nitrogens with zero attached hydrogens (tertiary/aromatic N) is 1. The molecule has 2 fully saturated rings. The Morgan fingerprint density at radius 2 is 1.91 bits per heavy atom. The van der Waals surface area contributed by atoms with E-state index in [0.717, 1.165) is 24.5 Å². The van der Waals surface area contributed by atoms with Gasteiger partial charge in [0.2, 0.25) is 5.91 Å². The number of hydrogen-bond acceptors (Lipinski definition) is 5. The van der Waals surface area contributed by atoms with E-state index in [9.17, 15) is 19.1 Å². The summed E-state index contributed by atoms with van der Waals surface area (Å²) in [4.78, 5) is 26.7. The van der Waals surface area contributed by atoms with Crippen LogP contribution in [0.5, 0.6) is 0 Å². The summed E-state index contributed by atoms with van der Waals surface area (Å²) in [5.74, 6) is -1.14. The monoisotopic (exact) mass is 462 g/mol. The van der Waals surface area contributed by atoms with Crippen LogP contribution in [0.2, 0.25) is 5.02 Å². The van der Waals surface area contributed by atoms with E-state index in [2.05, 4.69) is 5.32 Å². The standard InChI is InChI=1S/C23H24ClFN2O5/c24-18-11-15(3-6-19(18)25)23(30)26-16-4-1-14(2-5-16)22-20(12-28)27(21(29)13-32-22)17-7-9-31-10-8-17/h1-6,11,17,20,22,28H,7-10,12-13H2,(H,26,30)/t20-,22-/m1/s1. The van der Waals surface area contributed by atoms with Gasteiger partial charge in [-0.25, -0.2) is 4.39 Å². The maximum absolute atomic E-state index is 13.3. The summed E-state index contributed by atoms with van der Waals surface area (Å²) in [6, 6.07) is 10.3. The van der Waals surface area contributed by atoms with Crippen molar-refractivity contribution in [3.63, 3.8) is 0 Å². The summed E-state index contributed by atoms with van der Waals surface area (Å²) in [5, 5.41) is 12.7. The Labute approximate surface area is 190 Å². The van der Waals surface area contributed by atoms with Crippen LogP contribution in [0.1, 0.15) is 34.9 Å². The molecule has 0 bridgehead atoms. The van der Waals surface area contributed by atoms with Crippen molar-refractivity contribution in [3.05, 3.63) is 64.4 Å². The third-order valence-electron chi connectivity index (χ3n) is 5.83. The Bertz CT molecular complexity index is 981. The molecule has 0 unspecified atom stereocenters. The molecule has 4 rings (SSSR count). The summed E-state index contributed by atoms with van der Waals surface area (Å²) < 4.78 is 24.5. The normalized spacial score (nSPS) is 22.1. The number of nitrogens with one attached hydrogen (secondary N) is 1. The Hall–Kier alpha value is -2.52. The summed E-state index contributed by atoms with van der Waals surface area (Å²) in [5.41, 5.74) is 1.56. The number of amides is 2. The van der Waals surface area contributed by atoms with Crippen molar-refractivity contribution in [2.75, 3.05) is 31.7 Å². The second-order valence-electron chi connectivity index (χ2n) is 7.83. The van der Waals surface area contributed by atoms with Crippen molar-refractivity contribution >= 4 is 29.1 Å². The minimum absolute atomic E-state index is 0.0147. The Morgan fingerprint density at radius 1 is 1.19 bits per heavy atom. The van der Waals surface area contributed by atoms with Crippen molar-refractivity contribution in [3.8, 4) is 0 Å². The summed E-state index contributed by atoms with van der Waals surface area (Å²) >= 11 is 5.75. The van der Waals surface area contributed by atoms with Gasteiger partial charge in [-0.15, -0.1) is 0 Å². The van der Waals surface area contributed by atoms with E-state index >= 15 is 0 Å². The fraction of sp³-hybridized carbons (Fsp3) is 0.391. The van der Waals surface area contributed by atoms with Crippen molar-refractivity contribution in [2.45, 2.75) is 31.0 Å².